The van der Waals surface area contributed by atoms with Gasteiger partial charge in [0, 0.05) is 17.4 Å². The van der Waals surface area contributed by atoms with Gasteiger partial charge in [0.25, 0.3) is 0 Å². The fraction of sp³-hybridized carbons (Fsp3) is 0.731. The highest BCUT2D eigenvalue weighted by Gasteiger charge is 2.59. The number of nitrogens with zero attached hydrogens (tertiary/aromatic N) is 1. The second-order valence-corrected chi connectivity index (χ2v) is 12.1. The van der Waals surface area contributed by atoms with Gasteiger partial charge < -0.3 is 14.9 Å². The monoisotopic (exact) mass is 439 g/mol. The molecule has 0 amide bonds. The zero-order valence-electron chi connectivity index (χ0n) is 18.6. The first-order valence-electron chi connectivity index (χ1n) is 12.1. The van der Waals surface area contributed by atoms with Crippen LogP contribution >= 0.6 is 12.2 Å². The number of phenols is 1. The van der Waals surface area contributed by atoms with Crippen molar-refractivity contribution in [3.8, 4) is 11.5 Å². The molecule has 166 valence electrons. The van der Waals surface area contributed by atoms with E-state index in [0.717, 1.165) is 43.4 Å². The van der Waals surface area contributed by atoms with E-state index in [2.05, 4.69) is 25.1 Å². The van der Waals surface area contributed by atoms with Crippen LogP contribution in [0.1, 0.15) is 88.7 Å². The van der Waals surface area contributed by atoms with Crippen molar-refractivity contribution in [2.24, 2.45) is 22.7 Å². The summed E-state index contributed by atoms with van der Waals surface area (Å²) in [4.78, 5) is 4.73. The number of aliphatic imine (C=N–C) groups is 1. The van der Waals surface area contributed by atoms with E-state index in [-0.39, 0.29) is 28.6 Å². The average Bonchev–Trinajstić information content (AvgIpc) is 2.65. The highest BCUT2D eigenvalue weighted by atomic mass is 32.1. The highest BCUT2D eigenvalue weighted by molar-refractivity contribution is 7.78. The van der Waals surface area contributed by atoms with Crippen LogP contribution in [-0.2, 0) is 5.41 Å². The van der Waals surface area contributed by atoms with Gasteiger partial charge in [-0.3, -0.25) is 0 Å². The van der Waals surface area contributed by atoms with Crippen LogP contribution in [0.2, 0.25) is 0 Å². The molecular formula is C26H33NO3S. The van der Waals surface area contributed by atoms with Gasteiger partial charge in [-0.1, -0.05) is 0 Å². The number of aromatic hydroxyl groups is 1. The number of isothiocyanates is 1. The van der Waals surface area contributed by atoms with Crippen LogP contribution in [0, 0.1) is 17.8 Å². The summed E-state index contributed by atoms with van der Waals surface area (Å²) < 4.78 is 6.59. The van der Waals surface area contributed by atoms with Crippen LogP contribution in [-0.4, -0.2) is 32.6 Å². The molecule has 5 fully saturated rings. The number of fused-ring (bicyclic) bond motifs is 3. The molecule has 2 N–H and O–H groups in total. The van der Waals surface area contributed by atoms with E-state index in [1.54, 1.807) is 0 Å². The molecule has 5 saturated carbocycles. The minimum atomic E-state index is -0.298. The smallest absolute Gasteiger partial charge is 0.127 e. The second kappa shape index (κ2) is 6.56. The van der Waals surface area contributed by atoms with Gasteiger partial charge in [0.2, 0.25) is 0 Å². The van der Waals surface area contributed by atoms with E-state index in [9.17, 15) is 10.2 Å². The molecule has 7 rings (SSSR count). The zero-order chi connectivity index (χ0) is 21.6. The molecule has 1 aromatic rings. The fourth-order valence-electron chi connectivity index (χ4n) is 8.81. The summed E-state index contributed by atoms with van der Waals surface area (Å²) in [5.74, 6) is 3.02. The maximum absolute atomic E-state index is 11.3. The minimum absolute atomic E-state index is 0.0444. The molecule has 1 heterocycles. The van der Waals surface area contributed by atoms with E-state index in [1.807, 2.05) is 6.07 Å². The predicted octanol–water partition coefficient (Wildman–Crippen LogP) is 5.50. The maximum atomic E-state index is 11.3. The molecule has 1 aliphatic heterocycles. The van der Waals surface area contributed by atoms with Crippen LogP contribution in [0.25, 0.3) is 0 Å². The van der Waals surface area contributed by atoms with Crippen LogP contribution in [0.4, 0.5) is 0 Å². The second-order valence-electron chi connectivity index (χ2n) is 12.0. The minimum Gasteiger partial charge on any atom is -0.508 e. The Morgan fingerprint density at radius 2 is 1.84 bits per heavy atom. The van der Waals surface area contributed by atoms with Gasteiger partial charge >= 0.3 is 0 Å². The quantitative estimate of drug-likeness (QED) is 0.472. The van der Waals surface area contributed by atoms with Gasteiger partial charge in [0.05, 0.1) is 16.8 Å². The molecule has 0 saturated heterocycles. The van der Waals surface area contributed by atoms with Crippen molar-refractivity contribution in [1.82, 2.24) is 0 Å². The number of hydrogen-bond acceptors (Lipinski definition) is 5. The Hall–Kier alpha value is -1.42. The molecular weight excluding hydrogens is 406 g/mol. The lowest BCUT2D eigenvalue weighted by Crippen LogP contribution is -2.56. The normalized spacial score (nSPS) is 44.0. The van der Waals surface area contributed by atoms with Crippen molar-refractivity contribution in [3.63, 3.8) is 0 Å². The molecule has 5 aliphatic carbocycles. The standard InChI is InChI=1S/C26H33NO3S/c1-24(2)20-4-3-18(28)8-19(20)23-21(29)6-17(7-22(23)30-24)25-9-15-5-16(10-25)12-26(11-15,13-25)27-14-31/h6-7,15-16,18-20,28-29H,3-5,8-13H2,1-2H3/t15?,16?,18-,19-,20-,25?,26?/m1/s1. The average molecular weight is 440 g/mol. The highest BCUT2D eigenvalue weighted by Crippen LogP contribution is 2.64. The first-order valence-corrected chi connectivity index (χ1v) is 12.5. The third kappa shape index (κ3) is 2.96. The first kappa shape index (κ1) is 20.2. The molecule has 0 aromatic heterocycles. The Bertz CT molecular complexity index is 967. The van der Waals surface area contributed by atoms with Crippen LogP contribution < -0.4 is 4.74 Å². The molecule has 0 spiro atoms. The molecule has 31 heavy (non-hydrogen) atoms. The van der Waals surface area contributed by atoms with Gasteiger partial charge in [-0.25, -0.2) is 4.99 Å². The Morgan fingerprint density at radius 3 is 2.55 bits per heavy atom. The number of benzene rings is 1. The number of phenolic OH excluding ortho intramolecular Hbond substituents is 1. The molecule has 0 radical (unpaired) electrons. The van der Waals surface area contributed by atoms with E-state index in [4.69, 9.17) is 21.9 Å². The lowest BCUT2D eigenvalue weighted by Gasteiger charge is -2.60. The number of aliphatic hydroxyl groups excluding tert-OH is 1. The van der Waals surface area contributed by atoms with Crippen molar-refractivity contribution in [3.05, 3.63) is 23.3 Å². The lowest BCUT2D eigenvalue weighted by molar-refractivity contribution is -0.0337. The molecule has 4 bridgehead atoms. The number of ether oxygens (including phenoxy) is 1. The summed E-state index contributed by atoms with van der Waals surface area (Å²) in [6.07, 6.45) is 9.09. The Kier molecular flexibility index (Phi) is 4.27. The van der Waals surface area contributed by atoms with Gasteiger partial charge in [-0.15, -0.1) is 0 Å². The largest absolute Gasteiger partial charge is 0.508 e. The van der Waals surface area contributed by atoms with Crippen LogP contribution in [0.15, 0.2) is 17.1 Å². The topological polar surface area (TPSA) is 62.0 Å². The number of rotatable bonds is 2. The summed E-state index contributed by atoms with van der Waals surface area (Å²) in [7, 11) is 0. The summed E-state index contributed by atoms with van der Waals surface area (Å²) in [5, 5.41) is 24.4. The summed E-state index contributed by atoms with van der Waals surface area (Å²) in [5.41, 5.74) is 1.82. The Morgan fingerprint density at radius 1 is 1.10 bits per heavy atom. The summed E-state index contributed by atoms with van der Waals surface area (Å²) >= 11 is 5.03. The van der Waals surface area contributed by atoms with Crippen LogP contribution in [0.5, 0.6) is 11.5 Å². The van der Waals surface area contributed by atoms with E-state index < -0.39 is 0 Å². The molecule has 5 atom stereocenters. The molecule has 1 aromatic carbocycles. The molecule has 5 heteroatoms. The third-order valence-corrected chi connectivity index (χ3v) is 9.60. The molecule has 2 unspecified atom stereocenters. The Labute approximate surface area is 190 Å². The third-order valence-electron chi connectivity index (χ3n) is 9.50. The SMILES string of the molecule is CC1(C)Oc2cc(C34CC5CC(CC(N=C=S)(C5)C3)C4)cc(O)c2[C@@H]2C[C@H](O)CC[C@H]21. The van der Waals surface area contributed by atoms with Crippen molar-refractivity contribution >= 4 is 17.4 Å². The van der Waals surface area contributed by atoms with E-state index in [1.165, 1.54) is 24.8 Å². The van der Waals surface area contributed by atoms with Gasteiger partial charge in [-0.2, -0.15) is 0 Å². The van der Waals surface area contributed by atoms with E-state index >= 15 is 0 Å². The number of aliphatic hydroxyl groups is 1. The van der Waals surface area contributed by atoms with Gasteiger partial charge in [0.1, 0.15) is 17.1 Å². The number of thiocarbonyl (C=S) groups is 1. The molecule has 4 nitrogen and oxygen atoms in total. The van der Waals surface area contributed by atoms with Gasteiger partial charge in [0.15, 0.2) is 0 Å². The summed E-state index contributed by atoms with van der Waals surface area (Å²) in [6.45, 7) is 4.34. The maximum Gasteiger partial charge on any atom is 0.127 e. The zero-order valence-corrected chi connectivity index (χ0v) is 19.4. The molecule has 6 aliphatic rings. The van der Waals surface area contributed by atoms with Crippen molar-refractivity contribution in [2.45, 2.75) is 100 Å². The van der Waals surface area contributed by atoms with Gasteiger partial charge in [-0.05, 0) is 119 Å². The number of hydrogen-bond donors (Lipinski definition) is 2. The van der Waals surface area contributed by atoms with Crippen LogP contribution in [0.3, 0.4) is 0 Å². The summed E-state index contributed by atoms with van der Waals surface area (Å²) in [6, 6.07) is 4.26. The van der Waals surface area contributed by atoms with Crippen molar-refractivity contribution in [2.75, 3.05) is 0 Å². The lowest BCUT2D eigenvalue weighted by atomic mass is 9.45. The fourth-order valence-corrected chi connectivity index (χ4v) is 9.01. The first-order chi connectivity index (χ1) is 14.7. The van der Waals surface area contributed by atoms with Crippen molar-refractivity contribution < 1.29 is 14.9 Å². The van der Waals surface area contributed by atoms with Crippen molar-refractivity contribution in [1.29, 1.82) is 0 Å². The Balaban J connectivity index is 1.45. The predicted molar refractivity (Wildman–Crippen MR) is 123 cm³/mol. The van der Waals surface area contributed by atoms with E-state index in [0.29, 0.717) is 29.9 Å².